The van der Waals surface area contributed by atoms with Crippen molar-refractivity contribution in [2.75, 3.05) is 12.3 Å². The highest BCUT2D eigenvalue weighted by molar-refractivity contribution is 8.01. The van der Waals surface area contributed by atoms with Gasteiger partial charge in [0.1, 0.15) is 4.75 Å². The number of thioether (sulfide) groups is 1. The van der Waals surface area contributed by atoms with E-state index in [2.05, 4.69) is 24.0 Å². The van der Waals surface area contributed by atoms with Crippen LogP contribution in [-0.4, -0.2) is 51.7 Å². The van der Waals surface area contributed by atoms with Crippen LogP contribution in [0.15, 0.2) is 11.0 Å². The normalized spacial score (nSPS) is 27.9. The van der Waals surface area contributed by atoms with E-state index in [-0.39, 0.29) is 6.42 Å². The minimum Gasteiger partial charge on any atom is -0.390 e. The highest BCUT2D eigenvalue weighted by Gasteiger charge is 2.50. The molecule has 0 amide bonds. The predicted octanol–water partition coefficient (Wildman–Crippen LogP) is -0.324. The third-order valence-electron chi connectivity index (χ3n) is 3.66. The second-order valence-electron chi connectivity index (χ2n) is 5.89. The van der Waals surface area contributed by atoms with Gasteiger partial charge in [-0.25, -0.2) is 22.9 Å². The number of halogens is 1. The first-order chi connectivity index (χ1) is 14.0. The second-order valence-corrected chi connectivity index (χ2v) is 11.8. The Balaban J connectivity index is 2.18. The molecule has 0 bridgehead atoms. The summed E-state index contributed by atoms with van der Waals surface area (Å²) in [5, 5.41) is 9.32. The Morgan fingerprint density at radius 3 is 2.48 bits per heavy atom. The molecule has 1 saturated heterocycles. The topological polar surface area (TPSA) is 241 Å². The van der Waals surface area contributed by atoms with E-state index in [1.807, 2.05) is 0 Å². The fraction of sp³-hybridized carbons (Fsp3) is 0.455. The van der Waals surface area contributed by atoms with E-state index >= 15 is 0 Å². The lowest BCUT2D eigenvalue weighted by Gasteiger charge is -2.26. The van der Waals surface area contributed by atoms with E-state index in [4.69, 9.17) is 26.8 Å². The molecule has 1 aliphatic heterocycles. The van der Waals surface area contributed by atoms with Crippen molar-refractivity contribution in [3.05, 3.63) is 22.5 Å². The van der Waals surface area contributed by atoms with E-state index in [1.165, 1.54) is 0 Å². The summed E-state index contributed by atoms with van der Waals surface area (Å²) in [4.78, 5) is 50.9. The molecule has 2 rings (SSSR count). The van der Waals surface area contributed by atoms with Gasteiger partial charge in [-0.15, -0.1) is 18.2 Å². The van der Waals surface area contributed by atoms with Gasteiger partial charge in [-0.1, -0.05) is 5.92 Å². The summed E-state index contributed by atoms with van der Waals surface area (Å²) < 4.78 is 58.1. The molecule has 20 heteroatoms. The second kappa shape index (κ2) is 9.03. The van der Waals surface area contributed by atoms with Gasteiger partial charge in [0.05, 0.1) is 18.1 Å². The van der Waals surface area contributed by atoms with E-state index in [0.717, 1.165) is 10.8 Å². The van der Waals surface area contributed by atoms with Crippen molar-refractivity contribution in [3.63, 3.8) is 0 Å². The maximum atomic E-state index is 13.7. The molecule has 0 aliphatic carbocycles. The van der Waals surface area contributed by atoms with Crippen molar-refractivity contribution in [1.82, 2.24) is 9.55 Å². The number of aromatic nitrogens is 2. The molecule has 0 spiro atoms. The van der Waals surface area contributed by atoms with E-state index in [1.54, 1.807) is 0 Å². The van der Waals surface area contributed by atoms with Gasteiger partial charge in [0.25, 0.3) is 0 Å². The number of terminal acetylenes is 1. The summed E-state index contributed by atoms with van der Waals surface area (Å²) in [5.41, 5.74) is 4.23. The van der Waals surface area contributed by atoms with Crippen LogP contribution in [0.4, 0.5) is 10.2 Å². The van der Waals surface area contributed by atoms with Gasteiger partial charge in [-0.2, -0.15) is 13.6 Å². The van der Waals surface area contributed by atoms with Gasteiger partial charge in [0, 0.05) is 12.6 Å². The third-order valence-corrected chi connectivity index (χ3v) is 9.06. The molecule has 174 valence electrons. The number of phosphoric ester groups is 1. The van der Waals surface area contributed by atoms with Crippen molar-refractivity contribution in [1.29, 1.82) is 0 Å². The number of nitrogen functional groups attached to an aromatic ring is 1. The summed E-state index contributed by atoms with van der Waals surface area (Å²) in [6.45, 7) is -1.00. The molecule has 1 aromatic rings. The average molecular weight is 525 g/mol. The maximum absolute atomic E-state index is 13.7. The van der Waals surface area contributed by atoms with Crippen molar-refractivity contribution in [3.8, 4) is 12.3 Å². The van der Waals surface area contributed by atoms with Crippen LogP contribution in [0.3, 0.4) is 0 Å². The standard InChI is InChI=1S/C11H15FN3O12P3S/c1-2-11(5-25-29(21,22)27-30(23,24)26-28(18,19)20)7(16)3-8(31-11)15-4-6(12)9(13)14-10(15)17/h1,4,7-8,16H,3,5H2,(H,21,22)(H,23,24)(H2,13,14,17)(H2,18,19,20)/t7-,8+,11+/m0/s1. The number of aliphatic hydroxyl groups excluding tert-OH is 1. The van der Waals surface area contributed by atoms with Gasteiger partial charge in [-0.05, 0) is 0 Å². The van der Waals surface area contributed by atoms with Crippen LogP contribution >= 0.6 is 35.2 Å². The molecular formula is C11H15FN3O12P3S. The van der Waals surface area contributed by atoms with E-state index in [0.29, 0.717) is 11.8 Å². The molecule has 15 nitrogen and oxygen atoms in total. The van der Waals surface area contributed by atoms with Crippen molar-refractivity contribution >= 4 is 41.0 Å². The zero-order valence-corrected chi connectivity index (χ0v) is 18.4. The fourth-order valence-electron chi connectivity index (χ4n) is 2.37. The number of hydrogen-bond acceptors (Lipinski definition) is 11. The lowest BCUT2D eigenvalue weighted by molar-refractivity contribution is 0.105. The Morgan fingerprint density at radius 1 is 1.32 bits per heavy atom. The molecule has 0 saturated carbocycles. The van der Waals surface area contributed by atoms with E-state index in [9.17, 15) is 32.9 Å². The monoisotopic (exact) mass is 525 g/mol. The molecule has 1 aromatic heterocycles. The van der Waals surface area contributed by atoms with Crippen molar-refractivity contribution in [2.24, 2.45) is 0 Å². The van der Waals surface area contributed by atoms with Crippen LogP contribution in [-0.2, 0) is 26.8 Å². The molecule has 1 fully saturated rings. The van der Waals surface area contributed by atoms with Crippen LogP contribution in [0.25, 0.3) is 0 Å². The molecule has 0 radical (unpaired) electrons. The van der Waals surface area contributed by atoms with Crippen LogP contribution in [0, 0.1) is 18.2 Å². The number of nitrogens with zero attached hydrogens (tertiary/aromatic N) is 2. The average Bonchev–Trinajstić information content (AvgIpc) is 2.90. The van der Waals surface area contributed by atoms with Crippen molar-refractivity contribution < 1.29 is 55.9 Å². The first-order valence-corrected chi connectivity index (χ1v) is 13.1. The maximum Gasteiger partial charge on any atom is 0.490 e. The lowest BCUT2D eigenvalue weighted by Crippen LogP contribution is -2.37. The number of hydrogen-bond donors (Lipinski definition) is 6. The third kappa shape index (κ3) is 6.69. The Bertz CT molecular complexity index is 1100. The van der Waals surface area contributed by atoms with Gasteiger partial charge in [-0.3, -0.25) is 9.09 Å². The molecule has 0 aromatic carbocycles. The number of phosphoric acid groups is 3. The van der Waals surface area contributed by atoms with Crippen LogP contribution < -0.4 is 11.4 Å². The summed E-state index contributed by atoms with van der Waals surface area (Å²) in [6, 6.07) is 0. The number of rotatable bonds is 8. The molecule has 1 aliphatic rings. The highest BCUT2D eigenvalue weighted by Crippen LogP contribution is 2.66. The summed E-state index contributed by atoms with van der Waals surface area (Å²) >= 11 is 0.646. The lowest BCUT2D eigenvalue weighted by atomic mass is 10.0. The first-order valence-electron chi connectivity index (χ1n) is 7.65. The largest absolute Gasteiger partial charge is 0.490 e. The quantitative estimate of drug-likeness (QED) is 0.188. The Hall–Kier alpha value is -1.11. The Morgan fingerprint density at radius 2 is 1.94 bits per heavy atom. The van der Waals surface area contributed by atoms with Gasteiger partial charge in [0.15, 0.2) is 11.6 Å². The minimum absolute atomic E-state index is 0.264. The van der Waals surface area contributed by atoms with E-state index < -0.39 is 63.6 Å². The minimum atomic E-state index is -5.75. The smallest absolute Gasteiger partial charge is 0.390 e. The molecule has 2 unspecified atom stereocenters. The number of nitrogens with two attached hydrogens (primary N) is 1. The summed E-state index contributed by atoms with van der Waals surface area (Å²) in [6.07, 6.45) is 4.35. The van der Waals surface area contributed by atoms with Gasteiger partial charge >= 0.3 is 29.2 Å². The Labute approximate surface area is 176 Å². The first kappa shape index (κ1) is 26.1. The SMILES string of the molecule is C#C[C@]1(COP(=O)(O)OP(=O)(O)OP(=O)(O)O)S[C@@H](n2cc(F)c(N)nc2=O)C[C@@H]1O. The summed E-state index contributed by atoms with van der Waals surface area (Å²) in [7, 11) is -16.8. The van der Waals surface area contributed by atoms with Gasteiger partial charge < -0.3 is 30.4 Å². The predicted molar refractivity (Wildman–Crippen MR) is 101 cm³/mol. The summed E-state index contributed by atoms with van der Waals surface area (Å²) in [5.74, 6) is 0.426. The fourth-order valence-corrected chi connectivity index (χ4v) is 6.99. The van der Waals surface area contributed by atoms with Gasteiger partial charge in [0.2, 0.25) is 0 Å². The molecule has 2 heterocycles. The van der Waals surface area contributed by atoms with Crippen LogP contribution in [0.1, 0.15) is 11.8 Å². The molecule has 7 N–H and O–H groups in total. The molecule has 5 atom stereocenters. The van der Waals surface area contributed by atoms with Crippen LogP contribution in [0.5, 0.6) is 0 Å². The highest BCUT2D eigenvalue weighted by atomic mass is 32.2. The number of aliphatic hydroxyl groups is 1. The zero-order chi connectivity index (χ0) is 23.8. The van der Waals surface area contributed by atoms with Crippen molar-refractivity contribution in [2.45, 2.75) is 22.6 Å². The van der Waals surface area contributed by atoms with Crippen LogP contribution in [0.2, 0.25) is 0 Å². The molecule has 31 heavy (non-hydrogen) atoms. The molecular weight excluding hydrogens is 510 g/mol. The number of anilines is 1. The zero-order valence-electron chi connectivity index (χ0n) is 14.9. The Kier molecular flexibility index (Phi) is 7.61.